The van der Waals surface area contributed by atoms with Crippen LogP contribution < -0.4 is 10.1 Å². The van der Waals surface area contributed by atoms with Gasteiger partial charge in [0.25, 0.3) is 5.91 Å². The van der Waals surface area contributed by atoms with Crippen LogP contribution in [0.5, 0.6) is 5.75 Å². The summed E-state index contributed by atoms with van der Waals surface area (Å²) in [5.41, 5.74) is 0.763. The minimum absolute atomic E-state index is 0.0599. The summed E-state index contributed by atoms with van der Waals surface area (Å²) < 4.78 is 5.29. The van der Waals surface area contributed by atoms with Crippen LogP contribution in [0.1, 0.15) is 38.3 Å². The van der Waals surface area contributed by atoms with E-state index in [2.05, 4.69) is 5.32 Å². The zero-order valence-corrected chi connectivity index (χ0v) is 16.7. The standard InChI is InChI=1S/C20H27N3O5/c1-5-13(6-2)21-15(24)11-23-17(12-8-7-9-14(10-12)27-4)16-18(28-23)20(26)22(3)19(16)25/h7-10,13,16-18H,5-6,11H2,1-4H3,(H,21,24). The number of carbonyl (C=O) groups is 3. The molecular formula is C20H27N3O5. The van der Waals surface area contributed by atoms with Gasteiger partial charge in [-0.05, 0) is 30.5 Å². The van der Waals surface area contributed by atoms with E-state index in [9.17, 15) is 14.4 Å². The fourth-order valence-electron chi connectivity index (χ4n) is 3.85. The minimum Gasteiger partial charge on any atom is -0.497 e. The van der Waals surface area contributed by atoms with Crippen LogP contribution in [-0.2, 0) is 19.2 Å². The Morgan fingerprint density at radius 1 is 1.25 bits per heavy atom. The molecule has 3 unspecified atom stereocenters. The molecule has 8 nitrogen and oxygen atoms in total. The van der Waals surface area contributed by atoms with Gasteiger partial charge in [-0.2, -0.15) is 5.06 Å². The molecule has 28 heavy (non-hydrogen) atoms. The highest BCUT2D eigenvalue weighted by Crippen LogP contribution is 2.44. The first-order valence-electron chi connectivity index (χ1n) is 9.59. The summed E-state index contributed by atoms with van der Waals surface area (Å²) in [5, 5.41) is 4.43. The van der Waals surface area contributed by atoms with Gasteiger partial charge in [0.05, 0.1) is 19.1 Å². The number of likely N-dealkylation sites (tertiary alicyclic amines) is 1. The van der Waals surface area contributed by atoms with Crippen LogP contribution in [0.25, 0.3) is 0 Å². The van der Waals surface area contributed by atoms with Crippen molar-refractivity contribution in [2.45, 2.75) is 44.9 Å². The second-order valence-electron chi connectivity index (χ2n) is 7.16. The molecule has 0 aliphatic carbocycles. The van der Waals surface area contributed by atoms with Crippen LogP contribution in [0.4, 0.5) is 0 Å². The highest BCUT2D eigenvalue weighted by molar-refractivity contribution is 6.07. The summed E-state index contributed by atoms with van der Waals surface area (Å²) in [4.78, 5) is 44.6. The SMILES string of the molecule is CCC(CC)NC(=O)CN1OC2C(=O)N(C)C(=O)C2C1c1cccc(OC)c1. The fraction of sp³-hybridized carbons (Fsp3) is 0.550. The summed E-state index contributed by atoms with van der Waals surface area (Å²) in [6.45, 7) is 3.96. The van der Waals surface area contributed by atoms with Crippen molar-refractivity contribution in [1.29, 1.82) is 0 Å². The molecule has 0 bridgehead atoms. The number of ether oxygens (including phenoxy) is 1. The predicted octanol–water partition coefficient (Wildman–Crippen LogP) is 1.27. The van der Waals surface area contributed by atoms with Crippen molar-refractivity contribution in [3.8, 4) is 5.75 Å². The Morgan fingerprint density at radius 2 is 1.96 bits per heavy atom. The molecule has 1 N–H and O–H groups in total. The quantitative estimate of drug-likeness (QED) is 0.707. The highest BCUT2D eigenvalue weighted by Gasteiger charge is 2.58. The number of fused-ring (bicyclic) bond motifs is 1. The Bertz CT molecular complexity index is 764. The van der Waals surface area contributed by atoms with Crippen molar-refractivity contribution in [2.75, 3.05) is 20.7 Å². The third kappa shape index (κ3) is 3.62. The van der Waals surface area contributed by atoms with E-state index in [-0.39, 0.29) is 30.3 Å². The lowest BCUT2D eigenvalue weighted by Crippen LogP contribution is -2.43. The summed E-state index contributed by atoms with van der Waals surface area (Å²) >= 11 is 0. The van der Waals surface area contributed by atoms with E-state index >= 15 is 0 Å². The van der Waals surface area contributed by atoms with E-state index < -0.39 is 18.1 Å². The minimum atomic E-state index is -0.908. The Balaban J connectivity index is 1.89. The Kier molecular flexibility index (Phi) is 6.00. The van der Waals surface area contributed by atoms with Crippen molar-refractivity contribution < 1.29 is 24.0 Å². The van der Waals surface area contributed by atoms with Crippen molar-refractivity contribution in [2.24, 2.45) is 5.92 Å². The average Bonchev–Trinajstić information content (AvgIpc) is 3.17. The van der Waals surface area contributed by atoms with Gasteiger partial charge in [0, 0.05) is 13.1 Å². The average molecular weight is 389 g/mol. The van der Waals surface area contributed by atoms with Crippen LogP contribution in [-0.4, -0.2) is 60.5 Å². The lowest BCUT2D eigenvalue weighted by molar-refractivity contribution is -0.182. The number of hydrogen-bond acceptors (Lipinski definition) is 6. The smallest absolute Gasteiger partial charge is 0.261 e. The normalized spacial score (nSPS) is 24.8. The number of nitrogens with zero attached hydrogens (tertiary/aromatic N) is 2. The highest BCUT2D eigenvalue weighted by atomic mass is 16.7. The van der Waals surface area contributed by atoms with Crippen molar-refractivity contribution in [3.05, 3.63) is 29.8 Å². The third-order valence-corrected chi connectivity index (χ3v) is 5.50. The number of carbonyl (C=O) groups excluding carboxylic acids is 3. The monoisotopic (exact) mass is 389 g/mol. The van der Waals surface area contributed by atoms with Crippen LogP contribution in [0.3, 0.4) is 0 Å². The van der Waals surface area contributed by atoms with Gasteiger partial charge in [-0.3, -0.25) is 24.1 Å². The number of nitrogens with one attached hydrogen (secondary N) is 1. The molecule has 1 aromatic carbocycles. The van der Waals surface area contributed by atoms with Gasteiger partial charge >= 0.3 is 0 Å². The number of amides is 3. The zero-order chi connectivity index (χ0) is 20.4. The van der Waals surface area contributed by atoms with E-state index in [0.717, 1.165) is 23.3 Å². The van der Waals surface area contributed by atoms with Gasteiger partial charge in [-0.15, -0.1) is 0 Å². The van der Waals surface area contributed by atoms with Crippen LogP contribution in [0.2, 0.25) is 0 Å². The summed E-state index contributed by atoms with van der Waals surface area (Å²) in [6.07, 6.45) is 0.750. The topological polar surface area (TPSA) is 88.2 Å². The number of hydroxylamine groups is 2. The Hall–Kier alpha value is -2.45. The largest absolute Gasteiger partial charge is 0.497 e. The molecule has 1 aromatic rings. The van der Waals surface area contributed by atoms with Crippen LogP contribution in [0.15, 0.2) is 24.3 Å². The van der Waals surface area contributed by atoms with Gasteiger partial charge in [-0.1, -0.05) is 26.0 Å². The van der Waals surface area contributed by atoms with Gasteiger partial charge < -0.3 is 10.1 Å². The summed E-state index contributed by atoms with van der Waals surface area (Å²) in [6, 6.07) is 6.80. The van der Waals surface area contributed by atoms with E-state index in [1.54, 1.807) is 19.2 Å². The summed E-state index contributed by atoms with van der Waals surface area (Å²) in [5.74, 6) is -0.940. The third-order valence-electron chi connectivity index (χ3n) is 5.50. The lowest BCUT2D eigenvalue weighted by atomic mass is 9.90. The van der Waals surface area contributed by atoms with Gasteiger partial charge in [-0.25, -0.2) is 0 Å². The molecule has 0 spiro atoms. The number of hydrogen-bond donors (Lipinski definition) is 1. The maximum absolute atomic E-state index is 12.7. The van der Waals surface area contributed by atoms with E-state index in [1.165, 1.54) is 12.1 Å². The van der Waals surface area contributed by atoms with Crippen molar-refractivity contribution in [3.63, 3.8) is 0 Å². The first-order chi connectivity index (χ1) is 13.4. The van der Waals surface area contributed by atoms with Gasteiger partial charge in [0.1, 0.15) is 12.3 Å². The molecule has 3 amide bonds. The lowest BCUT2D eigenvalue weighted by Gasteiger charge is -2.27. The Morgan fingerprint density at radius 3 is 2.61 bits per heavy atom. The molecule has 3 atom stereocenters. The number of methoxy groups -OCH3 is 1. The van der Waals surface area contributed by atoms with Crippen LogP contribution >= 0.6 is 0 Å². The first-order valence-corrected chi connectivity index (χ1v) is 9.59. The molecule has 2 aliphatic rings. The molecule has 0 saturated carbocycles. The van der Waals surface area contributed by atoms with E-state index in [4.69, 9.17) is 9.57 Å². The summed E-state index contributed by atoms with van der Waals surface area (Å²) in [7, 11) is 3.02. The van der Waals surface area contributed by atoms with E-state index in [1.807, 2.05) is 26.0 Å². The molecule has 0 aromatic heterocycles. The molecule has 3 rings (SSSR count). The molecular weight excluding hydrogens is 362 g/mol. The van der Waals surface area contributed by atoms with E-state index in [0.29, 0.717) is 5.75 Å². The van der Waals surface area contributed by atoms with Gasteiger partial charge in [0.15, 0.2) is 6.10 Å². The second kappa shape index (κ2) is 8.28. The zero-order valence-electron chi connectivity index (χ0n) is 16.7. The molecule has 0 radical (unpaired) electrons. The number of rotatable bonds is 7. The predicted molar refractivity (Wildman–Crippen MR) is 101 cm³/mol. The molecule has 8 heteroatoms. The molecule has 2 heterocycles. The number of benzene rings is 1. The van der Waals surface area contributed by atoms with Crippen molar-refractivity contribution >= 4 is 17.7 Å². The Labute approximate surface area is 164 Å². The fourth-order valence-corrected chi connectivity index (χ4v) is 3.85. The van der Waals surface area contributed by atoms with Crippen LogP contribution in [0, 0.1) is 5.92 Å². The maximum atomic E-state index is 12.7. The molecule has 2 fully saturated rings. The maximum Gasteiger partial charge on any atom is 0.261 e. The molecule has 152 valence electrons. The van der Waals surface area contributed by atoms with Gasteiger partial charge in [0.2, 0.25) is 11.8 Å². The van der Waals surface area contributed by atoms with Crippen molar-refractivity contribution in [1.82, 2.24) is 15.3 Å². The number of likely N-dealkylation sites (N-methyl/N-ethyl adjacent to an activating group) is 1. The molecule has 2 saturated heterocycles. The second-order valence-corrected chi connectivity index (χ2v) is 7.16. The first kappa shape index (κ1) is 20.3. The molecule has 2 aliphatic heterocycles. The number of imide groups is 1.